The highest BCUT2D eigenvalue weighted by atomic mass is 35.5. The Kier molecular flexibility index (Phi) is 5.55. The average Bonchev–Trinajstić information content (AvgIpc) is 2.23. The number of aliphatic hydroxyl groups excluding tert-OH is 1. The van der Waals surface area contributed by atoms with E-state index in [4.69, 9.17) is 28.3 Å². The molecule has 1 rings (SSSR count). The first-order chi connectivity index (χ1) is 8.02. The van der Waals surface area contributed by atoms with E-state index in [0.717, 1.165) is 0 Å². The molecule has 1 aromatic rings. The van der Waals surface area contributed by atoms with Gasteiger partial charge in [0.25, 0.3) is 0 Å². The van der Waals surface area contributed by atoms with Crippen molar-refractivity contribution < 1.29 is 9.90 Å². The summed E-state index contributed by atoms with van der Waals surface area (Å²) in [4.78, 5) is 11.5. The first kappa shape index (κ1) is 14.1. The van der Waals surface area contributed by atoms with Gasteiger partial charge in [-0.2, -0.15) is 0 Å². The van der Waals surface area contributed by atoms with Crippen LogP contribution in [0.1, 0.15) is 13.3 Å². The van der Waals surface area contributed by atoms with Crippen LogP contribution in [0.3, 0.4) is 0 Å². The van der Waals surface area contributed by atoms with Gasteiger partial charge >= 0.3 is 6.03 Å². The van der Waals surface area contributed by atoms with Gasteiger partial charge in [-0.05, 0) is 31.5 Å². The molecule has 1 unspecified atom stereocenters. The number of hydrogen-bond acceptors (Lipinski definition) is 2. The highest BCUT2D eigenvalue weighted by Gasteiger charge is 2.07. The monoisotopic (exact) mass is 276 g/mol. The van der Waals surface area contributed by atoms with Crippen molar-refractivity contribution in [1.29, 1.82) is 0 Å². The molecule has 0 saturated carbocycles. The Bertz CT molecular complexity index is 399. The molecule has 0 aliphatic heterocycles. The van der Waals surface area contributed by atoms with Crippen molar-refractivity contribution in [2.45, 2.75) is 19.4 Å². The predicted molar refractivity (Wildman–Crippen MR) is 69.8 cm³/mol. The van der Waals surface area contributed by atoms with Crippen LogP contribution in [-0.4, -0.2) is 23.8 Å². The number of hydrogen-bond donors (Lipinski definition) is 3. The van der Waals surface area contributed by atoms with E-state index in [2.05, 4.69) is 10.6 Å². The fourth-order valence-corrected chi connectivity index (χ4v) is 1.53. The number of anilines is 1. The van der Waals surface area contributed by atoms with Gasteiger partial charge in [-0.25, -0.2) is 4.79 Å². The summed E-state index contributed by atoms with van der Waals surface area (Å²) in [5.74, 6) is 0. The molecule has 17 heavy (non-hydrogen) atoms. The van der Waals surface area contributed by atoms with Crippen LogP contribution in [0.15, 0.2) is 18.2 Å². The lowest BCUT2D eigenvalue weighted by atomic mass is 10.2. The Labute approximate surface area is 110 Å². The number of nitrogens with one attached hydrogen (secondary N) is 2. The predicted octanol–water partition coefficient (Wildman–Crippen LogP) is 2.89. The highest BCUT2D eigenvalue weighted by Crippen LogP contribution is 2.24. The lowest BCUT2D eigenvalue weighted by Crippen LogP contribution is -2.36. The quantitative estimate of drug-likeness (QED) is 0.792. The number of aliphatic hydroxyl groups is 1. The average molecular weight is 277 g/mol. The Hall–Kier alpha value is -0.970. The summed E-state index contributed by atoms with van der Waals surface area (Å²) in [5.41, 5.74) is 0.563. The van der Waals surface area contributed by atoms with Crippen molar-refractivity contribution in [3.63, 3.8) is 0 Å². The maximum absolute atomic E-state index is 11.5. The lowest BCUT2D eigenvalue weighted by Gasteiger charge is -2.13. The summed E-state index contributed by atoms with van der Waals surface area (Å²) in [6, 6.07) is 4.40. The molecule has 0 bridgehead atoms. The molecule has 3 N–H and O–H groups in total. The van der Waals surface area contributed by atoms with Crippen molar-refractivity contribution in [1.82, 2.24) is 5.32 Å². The molecule has 4 nitrogen and oxygen atoms in total. The molecule has 0 heterocycles. The molecule has 0 aliphatic carbocycles. The molecule has 0 saturated heterocycles. The SMILES string of the molecule is CC(CCO)NC(=O)Nc1ccc(Cl)c(Cl)c1. The number of halogens is 2. The maximum atomic E-state index is 11.5. The van der Waals surface area contributed by atoms with Crippen LogP contribution in [0.4, 0.5) is 10.5 Å². The third kappa shape index (κ3) is 4.81. The molecule has 1 atom stereocenters. The first-order valence-electron chi connectivity index (χ1n) is 5.16. The normalized spacial score (nSPS) is 12.0. The van der Waals surface area contributed by atoms with E-state index in [0.29, 0.717) is 22.2 Å². The van der Waals surface area contributed by atoms with Crippen LogP contribution in [0, 0.1) is 0 Å². The van der Waals surface area contributed by atoms with Gasteiger partial charge in [0, 0.05) is 18.3 Å². The van der Waals surface area contributed by atoms with Gasteiger partial charge in [0.1, 0.15) is 0 Å². The second-order valence-electron chi connectivity index (χ2n) is 3.64. The second kappa shape index (κ2) is 6.69. The van der Waals surface area contributed by atoms with Crippen LogP contribution in [0.25, 0.3) is 0 Å². The van der Waals surface area contributed by atoms with Gasteiger partial charge in [-0.3, -0.25) is 0 Å². The number of amides is 2. The van der Waals surface area contributed by atoms with Crippen LogP contribution >= 0.6 is 23.2 Å². The van der Waals surface area contributed by atoms with Gasteiger partial charge in [0.15, 0.2) is 0 Å². The molecular weight excluding hydrogens is 263 g/mol. The number of carbonyl (C=O) groups is 1. The Morgan fingerprint density at radius 3 is 2.71 bits per heavy atom. The standard InChI is InChI=1S/C11H14Cl2N2O2/c1-7(4-5-16)14-11(17)15-8-2-3-9(12)10(13)6-8/h2-3,6-7,16H,4-5H2,1H3,(H2,14,15,17). The minimum absolute atomic E-state index is 0.0359. The largest absolute Gasteiger partial charge is 0.396 e. The van der Waals surface area contributed by atoms with Gasteiger partial charge in [-0.15, -0.1) is 0 Å². The summed E-state index contributed by atoms with van der Waals surface area (Å²) in [6.45, 7) is 1.85. The zero-order valence-corrected chi connectivity index (χ0v) is 10.8. The molecule has 0 spiro atoms. The molecular formula is C11H14Cl2N2O2. The van der Waals surface area contributed by atoms with Gasteiger partial charge in [0.2, 0.25) is 0 Å². The van der Waals surface area contributed by atoms with E-state index in [-0.39, 0.29) is 18.7 Å². The Morgan fingerprint density at radius 1 is 1.41 bits per heavy atom. The third-order valence-electron chi connectivity index (χ3n) is 2.12. The van der Waals surface area contributed by atoms with Crippen LogP contribution in [0.2, 0.25) is 10.0 Å². The first-order valence-corrected chi connectivity index (χ1v) is 5.92. The minimum atomic E-state index is -0.343. The topological polar surface area (TPSA) is 61.4 Å². The van der Waals surface area contributed by atoms with Crippen LogP contribution < -0.4 is 10.6 Å². The van der Waals surface area contributed by atoms with Crippen molar-refractivity contribution >= 4 is 34.9 Å². The smallest absolute Gasteiger partial charge is 0.319 e. The van der Waals surface area contributed by atoms with E-state index in [9.17, 15) is 4.79 Å². The number of rotatable bonds is 4. The zero-order valence-electron chi connectivity index (χ0n) is 9.34. The Morgan fingerprint density at radius 2 is 2.12 bits per heavy atom. The second-order valence-corrected chi connectivity index (χ2v) is 4.46. The maximum Gasteiger partial charge on any atom is 0.319 e. The van der Waals surface area contributed by atoms with Gasteiger partial charge in [0.05, 0.1) is 10.0 Å². The molecule has 0 fully saturated rings. The fourth-order valence-electron chi connectivity index (χ4n) is 1.23. The summed E-state index contributed by atoms with van der Waals surface area (Å²) in [7, 11) is 0. The van der Waals surface area contributed by atoms with Crippen molar-refractivity contribution in [2.24, 2.45) is 0 Å². The molecule has 6 heteroatoms. The fraction of sp³-hybridized carbons (Fsp3) is 0.364. The van der Waals surface area contributed by atoms with E-state index < -0.39 is 0 Å². The van der Waals surface area contributed by atoms with Gasteiger partial charge in [-0.1, -0.05) is 23.2 Å². The number of carbonyl (C=O) groups excluding carboxylic acids is 1. The molecule has 0 aliphatic rings. The van der Waals surface area contributed by atoms with Crippen LogP contribution in [-0.2, 0) is 0 Å². The molecule has 2 amide bonds. The highest BCUT2D eigenvalue weighted by molar-refractivity contribution is 6.42. The summed E-state index contributed by atoms with van der Waals surface area (Å²) < 4.78 is 0. The zero-order chi connectivity index (χ0) is 12.8. The number of benzene rings is 1. The van der Waals surface area contributed by atoms with E-state index in [1.807, 2.05) is 6.92 Å². The van der Waals surface area contributed by atoms with Gasteiger partial charge < -0.3 is 15.7 Å². The van der Waals surface area contributed by atoms with Crippen molar-refractivity contribution in [2.75, 3.05) is 11.9 Å². The van der Waals surface area contributed by atoms with E-state index in [1.54, 1.807) is 18.2 Å². The third-order valence-corrected chi connectivity index (χ3v) is 2.86. The summed E-state index contributed by atoms with van der Waals surface area (Å²) in [6.07, 6.45) is 0.509. The van der Waals surface area contributed by atoms with Crippen molar-refractivity contribution in [3.05, 3.63) is 28.2 Å². The van der Waals surface area contributed by atoms with E-state index >= 15 is 0 Å². The van der Waals surface area contributed by atoms with Crippen molar-refractivity contribution in [3.8, 4) is 0 Å². The molecule has 1 aromatic carbocycles. The van der Waals surface area contributed by atoms with Crippen LogP contribution in [0.5, 0.6) is 0 Å². The molecule has 0 aromatic heterocycles. The lowest BCUT2D eigenvalue weighted by molar-refractivity contribution is 0.241. The number of urea groups is 1. The minimum Gasteiger partial charge on any atom is -0.396 e. The molecule has 94 valence electrons. The summed E-state index contributed by atoms with van der Waals surface area (Å²) >= 11 is 11.6. The Balaban J connectivity index is 2.53. The summed E-state index contributed by atoms with van der Waals surface area (Å²) in [5, 5.41) is 14.8. The molecule has 0 radical (unpaired) electrons. The van der Waals surface area contributed by atoms with E-state index in [1.165, 1.54) is 0 Å².